The Morgan fingerprint density at radius 1 is 1.46 bits per heavy atom. The normalized spacial score (nSPS) is 9.62. The molecule has 1 rings (SSSR count). The van der Waals surface area contributed by atoms with Gasteiger partial charge in [0, 0.05) is 5.56 Å². The number of hydrogen-bond donors (Lipinski definition) is 1. The summed E-state index contributed by atoms with van der Waals surface area (Å²) in [6.07, 6.45) is -0.235. The first-order chi connectivity index (χ1) is 6.11. The molecule has 0 aromatic heterocycles. The minimum absolute atomic E-state index is 0.235. The van der Waals surface area contributed by atoms with Crippen LogP contribution in [-0.2, 0) is 4.79 Å². The highest BCUT2D eigenvalue weighted by Gasteiger charge is 2.07. The van der Waals surface area contributed by atoms with Crippen LogP contribution < -0.4 is 0 Å². The highest BCUT2D eigenvalue weighted by Crippen LogP contribution is 2.18. The minimum Gasteiger partial charge on any atom is -0.481 e. The van der Waals surface area contributed by atoms with E-state index in [1.807, 2.05) is 0 Å². The molecule has 68 valence electrons. The van der Waals surface area contributed by atoms with Crippen LogP contribution in [0.2, 0.25) is 0 Å². The lowest BCUT2D eigenvalue weighted by atomic mass is 10.0. The Bertz CT molecular complexity index is 345. The number of carboxylic acids is 1. The zero-order valence-electron chi connectivity index (χ0n) is 6.96. The molecule has 0 saturated carbocycles. The maximum Gasteiger partial charge on any atom is 0.307 e. The summed E-state index contributed by atoms with van der Waals surface area (Å²) in [5.74, 6) is -1.44. The molecule has 0 radical (unpaired) electrons. The monoisotopic (exact) mass is 180 g/mol. The van der Waals surface area contributed by atoms with Crippen molar-refractivity contribution >= 4 is 11.5 Å². The van der Waals surface area contributed by atoms with Crippen molar-refractivity contribution < 1.29 is 14.3 Å². The quantitative estimate of drug-likeness (QED) is 0.774. The lowest BCUT2D eigenvalue weighted by Crippen LogP contribution is -1.97. The van der Waals surface area contributed by atoms with Crippen molar-refractivity contribution in [2.45, 2.75) is 6.42 Å². The van der Waals surface area contributed by atoms with Gasteiger partial charge in [0.25, 0.3) is 0 Å². The molecule has 0 bridgehead atoms. The van der Waals surface area contributed by atoms with E-state index in [2.05, 4.69) is 6.58 Å². The zero-order valence-corrected chi connectivity index (χ0v) is 6.96. The van der Waals surface area contributed by atoms with Crippen LogP contribution in [-0.4, -0.2) is 11.1 Å². The minimum atomic E-state index is -1.01. The van der Waals surface area contributed by atoms with Crippen LogP contribution in [0.15, 0.2) is 30.8 Å². The number of carbonyl (C=O) groups is 1. The topological polar surface area (TPSA) is 37.3 Å². The Labute approximate surface area is 75.3 Å². The number of rotatable bonds is 3. The van der Waals surface area contributed by atoms with Crippen LogP contribution in [0, 0.1) is 5.82 Å². The van der Waals surface area contributed by atoms with Gasteiger partial charge in [-0.05, 0) is 11.6 Å². The molecule has 2 nitrogen and oxygen atoms in total. The second kappa shape index (κ2) is 3.85. The third kappa shape index (κ3) is 2.40. The third-order valence-corrected chi connectivity index (χ3v) is 1.62. The van der Waals surface area contributed by atoms with Crippen molar-refractivity contribution in [1.29, 1.82) is 0 Å². The van der Waals surface area contributed by atoms with Crippen molar-refractivity contribution in [1.82, 2.24) is 0 Å². The first-order valence-corrected chi connectivity index (χ1v) is 3.75. The zero-order chi connectivity index (χ0) is 9.84. The van der Waals surface area contributed by atoms with Gasteiger partial charge in [-0.2, -0.15) is 0 Å². The van der Waals surface area contributed by atoms with E-state index < -0.39 is 11.8 Å². The highest BCUT2D eigenvalue weighted by atomic mass is 19.1. The Morgan fingerprint density at radius 2 is 2.08 bits per heavy atom. The maximum atomic E-state index is 13.0. The van der Waals surface area contributed by atoms with Crippen molar-refractivity contribution in [3.8, 4) is 0 Å². The first-order valence-electron chi connectivity index (χ1n) is 3.75. The van der Waals surface area contributed by atoms with Crippen LogP contribution in [0.4, 0.5) is 4.39 Å². The summed E-state index contributed by atoms with van der Waals surface area (Å²) in [4.78, 5) is 10.3. The van der Waals surface area contributed by atoms with Gasteiger partial charge in [-0.25, -0.2) is 4.39 Å². The van der Waals surface area contributed by atoms with Crippen LogP contribution in [0.25, 0.3) is 5.57 Å². The van der Waals surface area contributed by atoms with Crippen LogP contribution in [0.5, 0.6) is 0 Å². The molecule has 1 N–H and O–H groups in total. The van der Waals surface area contributed by atoms with Gasteiger partial charge in [-0.1, -0.05) is 24.8 Å². The van der Waals surface area contributed by atoms with Crippen LogP contribution in [0.1, 0.15) is 12.0 Å². The number of halogens is 1. The van der Waals surface area contributed by atoms with Crippen molar-refractivity contribution in [2.24, 2.45) is 0 Å². The van der Waals surface area contributed by atoms with Gasteiger partial charge in [0.15, 0.2) is 0 Å². The summed E-state index contributed by atoms with van der Waals surface area (Å²) >= 11 is 0. The van der Waals surface area contributed by atoms with E-state index in [1.54, 1.807) is 12.1 Å². The molecule has 0 aliphatic carbocycles. The molecule has 1 aromatic rings. The summed E-state index contributed by atoms with van der Waals surface area (Å²) < 4.78 is 13.0. The molecule has 0 amide bonds. The van der Waals surface area contributed by atoms with E-state index in [4.69, 9.17) is 5.11 Å². The fourth-order valence-electron chi connectivity index (χ4n) is 1.03. The largest absolute Gasteiger partial charge is 0.481 e. The highest BCUT2D eigenvalue weighted by molar-refractivity contribution is 5.83. The number of aliphatic carboxylic acids is 1. The molecule has 0 aliphatic heterocycles. The summed E-state index contributed by atoms with van der Waals surface area (Å²) in [5, 5.41) is 8.45. The van der Waals surface area contributed by atoms with Gasteiger partial charge < -0.3 is 5.11 Å². The predicted octanol–water partition coefficient (Wildman–Crippen LogP) is 2.31. The molecule has 0 spiro atoms. The summed E-state index contributed by atoms with van der Waals surface area (Å²) in [6, 6.07) is 5.99. The van der Waals surface area contributed by atoms with Gasteiger partial charge in [0.1, 0.15) is 5.82 Å². The Morgan fingerprint density at radius 3 is 2.62 bits per heavy atom. The van der Waals surface area contributed by atoms with Gasteiger partial charge in [-0.3, -0.25) is 4.79 Å². The Hall–Kier alpha value is -1.64. The molecule has 3 heteroatoms. The molecular formula is C10H9FO2. The molecule has 0 atom stereocenters. The molecule has 13 heavy (non-hydrogen) atoms. The smallest absolute Gasteiger partial charge is 0.307 e. The fraction of sp³-hybridized carbons (Fsp3) is 0.100. The fourth-order valence-corrected chi connectivity index (χ4v) is 1.03. The average Bonchev–Trinajstić information content (AvgIpc) is 2.03. The van der Waals surface area contributed by atoms with E-state index >= 15 is 0 Å². The molecule has 0 unspecified atom stereocenters. The Balaban J connectivity index is 2.89. The number of hydrogen-bond acceptors (Lipinski definition) is 1. The molecule has 0 heterocycles. The molecule has 0 aliphatic rings. The van der Waals surface area contributed by atoms with Crippen LogP contribution in [0.3, 0.4) is 0 Å². The first kappa shape index (κ1) is 9.45. The summed E-state index contributed by atoms with van der Waals surface area (Å²) in [7, 11) is 0. The standard InChI is InChI=1S/C10H9FO2/c1-7(6-10(12)13)8-4-2-3-5-9(8)11/h2-5H,1,6H2,(H,12,13). The van der Waals surface area contributed by atoms with Gasteiger partial charge in [-0.15, -0.1) is 0 Å². The second-order valence-electron chi connectivity index (χ2n) is 2.65. The number of carboxylic acid groups (broad SMARTS) is 1. The van der Waals surface area contributed by atoms with Gasteiger partial charge in [0.05, 0.1) is 6.42 Å². The van der Waals surface area contributed by atoms with E-state index in [0.717, 1.165) is 0 Å². The summed E-state index contributed by atoms with van der Waals surface area (Å²) in [6.45, 7) is 3.51. The lowest BCUT2D eigenvalue weighted by molar-refractivity contribution is -0.135. The third-order valence-electron chi connectivity index (χ3n) is 1.62. The van der Waals surface area contributed by atoms with E-state index in [-0.39, 0.29) is 17.6 Å². The molecular weight excluding hydrogens is 171 g/mol. The van der Waals surface area contributed by atoms with Crippen molar-refractivity contribution in [3.63, 3.8) is 0 Å². The van der Waals surface area contributed by atoms with E-state index in [1.165, 1.54) is 12.1 Å². The maximum absolute atomic E-state index is 13.0. The lowest BCUT2D eigenvalue weighted by Gasteiger charge is -2.03. The average molecular weight is 180 g/mol. The van der Waals surface area contributed by atoms with E-state index in [0.29, 0.717) is 0 Å². The molecule has 1 aromatic carbocycles. The van der Waals surface area contributed by atoms with Gasteiger partial charge >= 0.3 is 5.97 Å². The predicted molar refractivity (Wildman–Crippen MR) is 47.7 cm³/mol. The molecule has 0 saturated heterocycles. The number of benzene rings is 1. The van der Waals surface area contributed by atoms with E-state index in [9.17, 15) is 9.18 Å². The summed E-state index contributed by atoms with van der Waals surface area (Å²) in [5.41, 5.74) is 0.551. The van der Waals surface area contributed by atoms with Crippen LogP contribution >= 0.6 is 0 Å². The van der Waals surface area contributed by atoms with Gasteiger partial charge in [0.2, 0.25) is 0 Å². The SMILES string of the molecule is C=C(CC(=O)O)c1ccccc1F. The molecule has 0 fully saturated rings. The van der Waals surface area contributed by atoms with Crippen molar-refractivity contribution in [3.05, 3.63) is 42.2 Å². The Kier molecular flexibility index (Phi) is 2.80. The van der Waals surface area contributed by atoms with Crippen molar-refractivity contribution in [2.75, 3.05) is 0 Å². The second-order valence-corrected chi connectivity index (χ2v) is 2.65.